The van der Waals surface area contributed by atoms with E-state index >= 15 is 0 Å². The molecule has 0 amide bonds. The number of benzene rings is 1. The topological polar surface area (TPSA) is 81.8 Å². The molecule has 0 aliphatic carbocycles. The number of aliphatic carboxylic acids is 1. The molecule has 0 aliphatic heterocycles. The van der Waals surface area contributed by atoms with Gasteiger partial charge in [-0.2, -0.15) is 0 Å². The molecule has 0 bridgehead atoms. The van der Waals surface area contributed by atoms with Gasteiger partial charge in [-0.15, -0.1) is 0 Å². The van der Waals surface area contributed by atoms with Crippen molar-refractivity contribution < 1.29 is 23.8 Å². The van der Waals surface area contributed by atoms with Gasteiger partial charge in [-0.1, -0.05) is 0 Å². The molecule has 106 valence electrons. The summed E-state index contributed by atoms with van der Waals surface area (Å²) in [6, 6.07) is 5.29. The average Bonchev–Trinajstić information content (AvgIpc) is 2.93. The number of aromatic nitrogens is 1. The Morgan fingerprint density at radius 3 is 2.45 bits per heavy atom. The summed E-state index contributed by atoms with van der Waals surface area (Å²) in [5.74, 6) is 0.800. The number of rotatable bonds is 6. The van der Waals surface area contributed by atoms with Gasteiger partial charge in [0, 0.05) is 18.1 Å². The molecule has 0 atom stereocenters. The molecule has 1 heterocycles. The van der Waals surface area contributed by atoms with Crippen LogP contribution in [-0.2, 0) is 11.2 Å². The van der Waals surface area contributed by atoms with E-state index in [-0.39, 0.29) is 6.42 Å². The van der Waals surface area contributed by atoms with Gasteiger partial charge in [0.15, 0.2) is 0 Å². The van der Waals surface area contributed by atoms with Crippen LogP contribution in [0.4, 0.5) is 0 Å². The second kappa shape index (κ2) is 6.10. The first kappa shape index (κ1) is 13.9. The number of hydrogen-bond acceptors (Lipinski definition) is 5. The van der Waals surface area contributed by atoms with Crippen LogP contribution < -0.4 is 9.47 Å². The molecule has 1 N–H and O–H groups in total. The third-order valence-electron chi connectivity index (χ3n) is 2.75. The van der Waals surface area contributed by atoms with Crippen LogP contribution in [0.2, 0.25) is 0 Å². The molecule has 0 radical (unpaired) electrons. The molecule has 6 heteroatoms. The Hall–Kier alpha value is -2.50. The SMILES string of the molecule is COc1cc(OC)cc(-c2nc(CCC(=O)O)co2)c1. The van der Waals surface area contributed by atoms with Crippen molar-refractivity contribution in [2.45, 2.75) is 12.8 Å². The Balaban J connectivity index is 2.24. The molecule has 1 aromatic heterocycles. The average molecular weight is 277 g/mol. The van der Waals surface area contributed by atoms with E-state index in [4.69, 9.17) is 19.0 Å². The van der Waals surface area contributed by atoms with E-state index in [0.717, 1.165) is 0 Å². The van der Waals surface area contributed by atoms with Crippen LogP contribution in [0.1, 0.15) is 12.1 Å². The smallest absolute Gasteiger partial charge is 0.303 e. The maximum atomic E-state index is 10.5. The second-order valence-electron chi connectivity index (χ2n) is 4.14. The molecule has 2 aromatic rings. The number of carbonyl (C=O) groups is 1. The normalized spacial score (nSPS) is 10.3. The van der Waals surface area contributed by atoms with Crippen LogP contribution in [0, 0.1) is 0 Å². The minimum Gasteiger partial charge on any atom is -0.497 e. The molecule has 1 aromatic carbocycles. The van der Waals surface area contributed by atoms with Gasteiger partial charge in [-0.3, -0.25) is 4.79 Å². The number of carboxylic acids is 1. The Bertz CT molecular complexity index is 583. The minimum atomic E-state index is -0.863. The number of methoxy groups -OCH3 is 2. The van der Waals surface area contributed by atoms with E-state index in [0.29, 0.717) is 35.1 Å². The third kappa shape index (κ3) is 3.28. The van der Waals surface area contributed by atoms with Crippen LogP contribution in [-0.4, -0.2) is 30.3 Å². The lowest BCUT2D eigenvalue weighted by molar-refractivity contribution is -0.136. The summed E-state index contributed by atoms with van der Waals surface area (Å²) < 4.78 is 15.7. The number of aryl methyl sites for hydroxylation is 1. The van der Waals surface area contributed by atoms with Crippen molar-refractivity contribution >= 4 is 5.97 Å². The second-order valence-corrected chi connectivity index (χ2v) is 4.14. The number of nitrogens with zero attached hydrogens (tertiary/aromatic N) is 1. The number of oxazole rings is 1. The van der Waals surface area contributed by atoms with Crippen LogP contribution in [0.5, 0.6) is 11.5 Å². The van der Waals surface area contributed by atoms with Gasteiger partial charge in [-0.05, 0) is 12.1 Å². The van der Waals surface area contributed by atoms with E-state index < -0.39 is 5.97 Å². The van der Waals surface area contributed by atoms with E-state index in [2.05, 4.69) is 4.98 Å². The summed E-state index contributed by atoms with van der Waals surface area (Å²) in [5.41, 5.74) is 1.31. The standard InChI is InChI=1S/C14H15NO5/c1-18-11-5-9(6-12(7-11)19-2)14-15-10(8-20-14)3-4-13(16)17/h5-8H,3-4H2,1-2H3,(H,16,17). The minimum absolute atomic E-state index is 0.0212. The fourth-order valence-electron chi connectivity index (χ4n) is 1.72. The summed E-state index contributed by atoms with van der Waals surface area (Å²) in [6.07, 6.45) is 1.82. The van der Waals surface area contributed by atoms with Gasteiger partial charge in [0.25, 0.3) is 0 Å². The molecule has 0 spiro atoms. The zero-order valence-electron chi connectivity index (χ0n) is 11.3. The molecule has 2 rings (SSSR count). The largest absolute Gasteiger partial charge is 0.497 e. The molecule has 20 heavy (non-hydrogen) atoms. The van der Waals surface area contributed by atoms with Gasteiger partial charge in [-0.25, -0.2) is 4.98 Å². The first-order chi connectivity index (χ1) is 9.62. The molecule has 6 nitrogen and oxygen atoms in total. The van der Waals surface area contributed by atoms with Gasteiger partial charge in [0.1, 0.15) is 17.8 Å². The fraction of sp³-hybridized carbons (Fsp3) is 0.286. The first-order valence-electron chi connectivity index (χ1n) is 6.02. The summed E-state index contributed by atoms with van der Waals surface area (Å²) in [7, 11) is 3.12. The van der Waals surface area contributed by atoms with Crippen molar-refractivity contribution in [1.82, 2.24) is 4.98 Å². The summed E-state index contributed by atoms with van der Waals surface area (Å²) in [5, 5.41) is 8.64. The summed E-state index contributed by atoms with van der Waals surface area (Å²) >= 11 is 0. The Morgan fingerprint density at radius 1 is 1.25 bits per heavy atom. The summed E-state index contributed by atoms with van der Waals surface area (Å²) in [4.78, 5) is 14.8. The van der Waals surface area contributed by atoms with Crippen LogP contribution >= 0.6 is 0 Å². The molecule has 0 aliphatic rings. The quantitative estimate of drug-likeness (QED) is 0.873. The number of hydrogen-bond donors (Lipinski definition) is 1. The molecule has 0 fully saturated rings. The first-order valence-corrected chi connectivity index (χ1v) is 6.02. The van der Waals surface area contributed by atoms with E-state index in [1.54, 1.807) is 32.4 Å². The fourth-order valence-corrected chi connectivity index (χ4v) is 1.72. The predicted octanol–water partition coefficient (Wildman–Crippen LogP) is 2.38. The lowest BCUT2D eigenvalue weighted by Gasteiger charge is -2.05. The van der Waals surface area contributed by atoms with Crippen molar-refractivity contribution in [3.63, 3.8) is 0 Å². The van der Waals surface area contributed by atoms with Gasteiger partial charge in [0.05, 0.1) is 26.3 Å². The monoisotopic (exact) mass is 277 g/mol. The molecule has 0 unspecified atom stereocenters. The van der Waals surface area contributed by atoms with Gasteiger partial charge >= 0.3 is 5.97 Å². The van der Waals surface area contributed by atoms with Crippen molar-refractivity contribution in [2.75, 3.05) is 14.2 Å². The lowest BCUT2D eigenvalue weighted by atomic mass is 10.2. The third-order valence-corrected chi connectivity index (χ3v) is 2.75. The highest BCUT2D eigenvalue weighted by Crippen LogP contribution is 2.29. The van der Waals surface area contributed by atoms with E-state index in [1.165, 1.54) is 6.26 Å². The maximum absolute atomic E-state index is 10.5. The van der Waals surface area contributed by atoms with E-state index in [9.17, 15) is 4.79 Å². The summed E-state index contributed by atoms with van der Waals surface area (Å²) in [6.45, 7) is 0. The maximum Gasteiger partial charge on any atom is 0.303 e. The highest BCUT2D eigenvalue weighted by Gasteiger charge is 2.11. The van der Waals surface area contributed by atoms with Crippen LogP contribution in [0.15, 0.2) is 28.9 Å². The molecule has 0 saturated heterocycles. The van der Waals surface area contributed by atoms with Crippen LogP contribution in [0.3, 0.4) is 0 Å². The molecular weight excluding hydrogens is 262 g/mol. The molecule has 0 saturated carbocycles. The number of carboxylic acid groups (broad SMARTS) is 1. The highest BCUT2D eigenvalue weighted by atomic mass is 16.5. The highest BCUT2D eigenvalue weighted by molar-refractivity contribution is 5.67. The van der Waals surface area contributed by atoms with Crippen molar-refractivity contribution in [3.05, 3.63) is 30.2 Å². The number of ether oxygens (including phenoxy) is 2. The van der Waals surface area contributed by atoms with Crippen molar-refractivity contribution in [3.8, 4) is 23.0 Å². The zero-order chi connectivity index (χ0) is 14.5. The molecular formula is C14H15NO5. The van der Waals surface area contributed by atoms with Crippen molar-refractivity contribution in [2.24, 2.45) is 0 Å². The van der Waals surface area contributed by atoms with Crippen LogP contribution in [0.25, 0.3) is 11.5 Å². The predicted molar refractivity (Wildman–Crippen MR) is 71.0 cm³/mol. The van der Waals surface area contributed by atoms with Gasteiger partial charge in [0.2, 0.25) is 5.89 Å². The Morgan fingerprint density at radius 2 is 1.90 bits per heavy atom. The Kier molecular flexibility index (Phi) is 4.24. The van der Waals surface area contributed by atoms with E-state index in [1.807, 2.05) is 0 Å². The Labute approximate surface area is 116 Å². The van der Waals surface area contributed by atoms with Crippen molar-refractivity contribution in [1.29, 1.82) is 0 Å². The zero-order valence-corrected chi connectivity index (χ0v) is 11.3. The lowest BCUT2D eigenvalue weighted by Crippen LogP contribution is -1.97. The van der Waals surface area contributed by atoms with Gasteiger partial charge < -0.3 is 19.0 Å².